The van der Waals surface area contributed by atoms with Crippen molar-refractivity contribution in [2.24, 2.45) is 16.8 Å². The van der Waals surface area contributed by atoms with Crippen LogP contribution in [-0.2, 0) is 0 Å². The predicted molar refractivity (Wildman–Crippen MR) is 58.6 cm³/mol. The molecule has 0 aromatic heterocycles. The zero-order chi connectivity index (χ0) is 10.5. The lowest BCUT2D eigenvalue weighted by Crippen LogP contribution is -2.34. The topological polar surface area (TPSA) is 50.4 Å². The second-order valence-electron chi connectivity index (χ2n) is 4.59. The average Bonchev–Trinajstić information content (AvgIpc) is 2.00. The van der Waals surface area contributed by atoms with E-state index in [1.165, 1.54) is 0 Å². The van der Waals surface area contributed by atoms with Crippen LogP contribution in [-0.4, -0.2) is 11.4 Å². The van der Waals surface area contributed by atoms with Gasteiger partial charge in [-0.05, 0) is 26.7 Å². The van der Waals surface area contributed by atoms with Gasteiger partial charge in [-0.3, -0.25) is 4.99 Å². The van der Waals surface area contributed by atoms with Crippen molar-refractivity contribution in [3.63, 3.8) is 0 Å². The molecule has 1 unspecified atom stereocenters. The quantitative estimate of drug-likeness (QED) is 0.306. The lowest BCUT2D eigenvalue weighted by Gasteiger charge is -2.17. The van der Waals surface area contributed by atoms with Gasteiger partial charge in [0.1, 0.15) is 5.84 Å². The molecule has 3 heteroatoms. The summed E-state index contributed by atoms with van der Waals surface area (Å²) in [7, 11) is 0. The number of nitrogens with one attached hydrogen (secondary N) is 1. The van der Waals surface area contributed by atoms with Gasteiger partial charge in [0, 0.05) is 6.42 Å². The Hall–Kier alpha value is -0.570. The molecule has 0 aromatic carbocycles. The molecule has 0 heterocycles. The van der Waals surface area contributed by atoms with Crippen molar-refractivity contribution in [3.8, 4) is 0 Å². The van der Waals surface area contributed by atoms with E-state index in [0.717, 1.165) is 18.7 Å². The number of nitrogens with two attached hydrogens (primary N) is 1. The van der Waals surface area contributed by atoms with Gasteiger partial charge in [-0.2, -0.15) is 0 Å². The van der Waals surface area contributed by atoms with Crippen LogP contribution in [0, 0.1) is 5.92 Å². The lowest BCUT2D eigenvalue weighted by molar-refractivity contribution is 0.549. The van der Waals surface area contributed by atoms with E-state index in [0.29, 0.717) is 5.92 Å². The van der Waals surface area contributed by atoms with E-state index in [1.54, 1.807) is 0 Å². The molecule has 0 amide bonds. The first kappa shape index (κ1) is 12.4. The molecule has 0 aromatic rings. The first-order chi connectivity index (χ1) is 5.89. The van der Waals surface area contributed by atoms with Crippen molar-refractivity contribution >= 4 is 5.84 Å². The van der Waals surface area contributed by atoms with Crippen molar-refractivity contribution in [1.82, 2.24) is 5.43 Å². The van der Waals surface area contributed by atoms with E-state index < -0.39 is 0 Å². The second-order valence-corrected chi connectivity index (χ2v) is 4.59. The fourth-order valence-corrected chi connectivity index (χ4v) is 1.02. The van der Waals surface area contributed by atoms with Gasteiger partial charge in [-0.25, -0.2) is 5.84 Å². The van der Waals surface area contributed by atoms with Gasteiger partial charge < -0.3 is 5.43 Å². The highest BCUT2D eigenvalue weighted by Gasteiger charge is 2.11. The maximum atomic E-state index is 5.40. The van der Waals surface area contributed by atoms with Crippen LogP contribution in [0.1, 0.15) is 47.5 Å². The molecule has 0 saturated carbocycles. The number of hydrogen-bond donors (Lipinski definition) is 2. The van der Waals surface area contributed by atoms with Crippen LogP contribution >= 0.6 is 0 Å². The lowest BCUT2D eigenvalue weighted by atomic mass is 10.0. The molecule has 78 valence electrons. The van der Waals surface area contributed by atoms with Gasteiger partial charge in [0.25, 0.3) is 0 Å². The standard InChI is InChI=1S/C10H23N3/c1-6-8(2)7-9(13-11)12-10(3,4)5/h8H,6-7,11H2,1-5H3,(H,12,13). The Labute approximate surface area is 81.8 Å². The molecule has 0 aliphatic carbocycles. The van der Waals surface area contributed by atoms with E-state index in [9.17, 15) is 0 Å². The Balaban J connectivity index is 4.26. The van der Waals surface area contributed by atoms with Crippen LogP contribution in [0.5, 0.6) is 0 Å². The molecule has 13 heavy (non-hydrogen) atoms. The Morgan fingerprint density at radius 2 is 2.00 bits per heavy atom. The summed E-state index contributed by atoms with van der Waals surface area (Å²) in [6, 6.07) is 0. The fourth-order valence-electron chi connectivity index (χ4n) is 1.02. The second kappa shape index (κ2) is 5.22. The molecule has 0 radical (unpaired) electrons. The highest BCUT2D eigenvalue weighted by molar-refractivity contribution is 5.82. The number of nitrogens with zero attached hydrogens (tertiary/aromatic N) is 1. The van der Waals surface area contributed by atoms with Crippen molar-refractivity contribution in [1.29, 1.82) is 0 Å². The van der Waals surface area contributed by atoms with Crippen LogP contribution < -0.4 is 11.3 Å². The SMILES string of the molecule is CCC(C)CC(=NC(C)(C)C)NN. The number of aliphatic imine (C=N–C) groups is 1. The number of rotatable bonds is 3. The van der Waals surface area contributed by atoms with Crippen LogP contribution in [0.4, 0.5) is 0 Å². The molecule has 0 aliphatic rings. The van der Waals surface area contributed by atoms with E-state index in [2.05, 4.69) is 45.0 Å². The molecule has 1 atom stereocenters. The van der Waals surface area contributed by atoms with Gasteiger partial charge in [0.05, 0.1) is 5.54 Å². The van der Waals surface area contributed by atoms with Gasteiger partial charge >= 0.3 is 0 Å². The summed E-state index contributed by atoms with van der Waals surface area (Å²) < 4.78 is 0. The van der Waals surface area contributed by atoms with Crippen LogP contribution in [0.2, 0.25) is 0 Å². The third kappa shape index (κ3) is 6.58. The van der Waals surface area contributed by atoms with E-state index >= 15 is 0 Å². The third-order valence-electron chi connectivity index (χ3n) is 1.88. The molecule has 0 aliphatic heterocycles. The van der Waals surface area contributed by atoms with Gasteiger partial charge in [-0.1, -0.05) is 20.3 Å². The van der Waals surface area contributed by atoms with Crippen LogP contribution in [0.25, 0.3) is 0 Å². The minimum atomic E-state index is -0.0465. The van der Waals surface area contributed by atoms with Gasteiger partial charge in [0.2, 0.25) is 0 Å². The first-order valence-corrected chi connectivity index (χ1v) is 4.94. The molecular formula is C10H23N3. The average molecular weight is 185 g/mol. The summed E-state index contributed by atoms with van der Waals surface area (Å²) in [6.45, 7) is 10.6. The normalized spacial score (nSPS) is 15.7. The van der Waals surface area contributed by atoms with Crippen LogP contribution in [0.3, 0.4) is 0 Å². The number of hydrogen-bond acceptors (Lipinski definition) is 2. The highest BCUT2D eigenvalue weighted by Crippen LogP contribution is 2.11. The molecule has 0 rings (SSSR count). The summed E-state index contributed by atoms with van der Waals surface area (Å²) in [5, 5.41) is 0. The molecule has 0 fully saturated rings. The maximum Gasteiger partial charge on any atom is 0.111 e. The maximum absolute atomic E-state index is 5.40. The zero-order valence-electron chi connectivity index (χ0n) is 9.52. The van der Waals surface area contributed by atoms with Crippen LogP contribution in [0.15, 0.2) is 4.99 Å². The molecule has 0 saturated heterocycles. The summed E-state index contributed by atoms with van der Waals surface area (Å²) >= 11 is 0. The van der Waals surface area contributed by atoms with Crippen molar-refractivity contribution in [2.75, 3.05) is 0 Å². The Bertz CT molecular complexity index is 167. The Morgan fingerprint density at radius 3 is 2.31 bits per heavy atom. The summed E-state index contributed by atoms with van der Waals surface area (Å²) in [4.78, 5) is 4.50. The monoisotopic (exact) mass is 185 g/mol. The zero-order valence-corrected chi connectivity index (χ0v) is 9.52. The number of hydrazine groups is 1. The van der Waals surface area contributed by atoms with Gasteiger partial charge in [0.15, 0.2) is 0 Å². The summed E-state index contributed by atoms with van der Waals surface area (Å²) in [5.41, 5.74) is 2.63. The van der Waals surface area contributed by atoms with E-state index in [4.69, 9.17) is 5.84 Å². The smallest absolute Gasteiger partial charge is 0.111 e. The van der Waals surface area contributed by atoms with Crippen molar-refractivity contribution in [3.05, 3.63) is 0 Å². The van der Waals surface area contributed by atoms with E-state index in [1.807, 2.05) is 0 Å². The van der Waals surface area contributed by atoms with Crippen molar-refractivity contribution < 1.29 is 0 Å². The first-order valence-electron chi connectivity index (χ1n) is 4.94. The minimum Gasteiger partial charge on any atom is -0.312 e. The fraction of sp³-hybridized carbons (Fsp3) is 0.900. The molecule has 0 bridgehead atoms. The van der Waals surface area contributed by atoms with E-state index in [-0.39, 0.29) is 5.54 Å². The molecular weight excluding hydrogens is 162 g/mol. The predicted octanol–water partition coefficient (Wildman–Crippen LogP) is 2.08. The molecule has 3 N–H and O–H groups in total. The van der Waals surface area contributed by atoms with Crippen molar-refractivity contribution in [2.45, 2.75) is 53.0 Å². The third-order valence-corrected chi connectivity index (χ3v) is 1.88. The van der Waals surface area contributed by atoms with Gasteiger partial charge in [-0.15, -0.1) is 0 Å². The Morgan fingerprint density at radius 1 is 1.46 bits per heavy atom. The summed E-state index contributed by atoms with van der Waals surface area (Å²) in [5.74, 6) is 6.94. The highest BCUT2D eigenvalue weighted by atomic mass is 15.3. The number of amidine groups is 1. The Kier molecular flexibility index (Phi) is 4.99. The summed E-state index contributed by atoms with van der Waals surface area (Å²) in [6.07, 6.45) is 2.09. The molecule has 3 nitrogen and oxygen atoms in total. The molecule has 0 spiro atoms. The minimum absolute atomic E-state index is 0.0465. The largest absolute Gasteiger partial charge is 0.312 e.